The van der Waals surface area contributed by atoms with Crippen molar-refractivity contribution in [3.05, 3.63) is 29.8 Å². The molecule has 1 aliphatic heterocycles. The number of hydrogen-bond acceptors (Lipinski definition) is 4. The van der Waals surface area contributed by atoms with Crippen LogP contribution >= 0.6 is 0 Å². The van der Waals surface area contributed by atoms with Crippen molar-refractivity contribution < 1.29 is 14.7 Å². The van der Waals surface area contributed by atoms with Crippen molar-refractivity contribution in [1.29, 1.82) is 0 Å². The molecule has 114 valence electrons. The van der Waals surface area contributed by atoms with Gasteiger partial charge < -0.3 is 10.4 Å². The highest BCUT2D eigenvalue weighted by molar-refractivity contribution is 5.96. The van der Waals surface area contributed by atoms with Gasteiger partial charge in [-0.2, -0.15) is 0 Å². The van der Waals surface area contributed by atoms with Crippen LogP contribution in [0.3, 0.4) is 0 Å². The summed E-state index contributed by atoms with van der Waals surface area (Å²) < 4.78 is 0. The number of carbonyl (C=O) groups excluding carboxylic acids is 2. The van der Waals surface area contributed by atoms with E-state index in [0.29, 0.717) is 24.3 Å². The first-order chi connectivity index (χ1) is 9.80. The lowest BCUT2D eigenvalue weighted by Crippen LogP contribution is -2.65. The Morgan fingerprint density at radius 1 is 1.29 bits per heavy atom. The van der Waals surface area contributed by atoms with E-state index < -0.39 is 5.60 Å². The van der Waals surface area contributed by atoms with Crippen molar-refractivity contribution in [3.63, 3.8) is 0 Å². The molecule has 1 heterocycles. The van der Waals surface area contributed by atoms with E-state index in [9.17, 15) is 14.7 Å². The highest BCUT2D eigenvalue weighted by atomic mass is 16.3. The topological polar surface area (TPSA) is 69.6 Å². The van der Waals surface area contributed by atoms with Gasteiger partial charge in [0.25, 0.3) is 0 Å². The first-order valence-corrected chi connectivity index (χ1v) is 7.16. The van der Waals surface area contributed by atoms with Crippen LogP contribution in [0.4, 0.5) is 5.69 Å². The Bertz CT molecular complexity index is 531. The van der Waals surface area contributed by atoms with Crippen LogP contribution < -0.4 is 5.32 Å². The summed E-state index contributed by atoms with van der Waals surface area (Å²) in [6.07, 6.45) is 0. The molecule has 2 N–H and O–H groups in total. The summed E-state index contributed by atoms with van der Waals surface area (Å²) in [5, 5.41) is 12.9. The largest absolute Gasteiger partial charge is 0.387 e. The van der Waals surface area contributed by atoms with Gasteiger partial charge in [-0.1, -0.05) is 13.8 Å². The summed E-state index contributed by atoms with van der Waals surface area (Å²) in [5.41, 5.74) is 0.631. The third-order valence-electron chi connectivity index (χ3n) is 4.01. The zero-order valence-corrected chi connectivity index (χ0v) is 12.7. The maximum atomic E-state index is 11.9. The lowest BCUT2D eigenvalue weighted by Gasteiger charge is -2.48. The van der Waals surface area contributed by atoms with Gasteiger partial charge >= 0.3 is 0 Å². The minimum absolute atomic E-state index is 0.00132. The van der Waals surface area contributed by atoms with Crippen LogP contribution in [0.5, 0.6) is 0 Å². The first-order valence-electron chi connectivity index (χ1n) is 7.16. The van der Waals surface area contributed by atoms with Crippen molar-refractivity contribution in [2.24, 2.45) is 5.92 Å². The van der Waals surface area contributed by atoms with Crippen LogP contribution in [-0.4, -0.2) is 46.9 Å². The molecule has 5 heteroatoms. The van der Waals surface area contributed by atoms with E-state index in [2.05, 4.69) is 5.32 Å². The highest BCUT2D eigenvalue weighted by Crippen LogP contribution is 2.28. The van der Waals surface area contributed by atoms with E-state index in [1.54, 1.807) is 24.3 Å². The number of hydrogen-bond donors (Lipinski definition) is 2. The molecule has 1 aromatic rings. The monoisotopic (exact) mass is 290 g/mol. The molecule has 1 fully saturated rings. The molecule has 0 aromatic heterocycles. The molecule has 1 saturated heterocycles. The number of nitrogens with zero attached hydrogens (tertiary/aromatic N) is 1. The maximum absolute atomic E-state index is 11.9. The highest BCUT2D eigenvalue weighted by Gasteiger charge is 2.43. The molecule has 0 aliphatic carbocycles. The standard InChI is InChI=1S/C16H22N2O3/c1-11(2)16(21)9-18(10-16)8-15(20)17-14-6-4-13(5-7-14)12(3)19/h4-7,11,21H,8-10H2,1-3H3,(H,17,20). The van der Waals surface area contributed by atoms with Crippen LogP contribution in [0.2, 0.25) is 0 Å². The van der Waals surface area contributed by atoms with Gasteiger partial charge in [-0.05, 0) is 37.1 Å². The number of amides is 1. The summed E-state index contributed by atoms with van der Waals surface area (Å²) in [6, 6.07) is 6.82. The van der Waals surface area contributed by atoms with Gasteiger partial charge in [-0.25, -0.2) is 0 Å². The molecule has 0 radical (unpaired) electrons. The van der Waals surface area contributed by atoms with Crippen LogP contribution in [-0.2, 0) is 4.79 Å². The molecule has 1 aliphatic rings. The summed E-state index contributed by atoms with van der Waals surface area (Å²) in [7, 11) is 0. The lowest BCUT2D eigenvalue weighted by molar-refractivity contribution is -0.139. The van der Waals surface area contributed by atoms with E-state index in [-0.39, 0.29) is 24.2 Å². The summed E-state index contributed by atoms with van der Waals surface area (Å²) in [5.74, 6) is 0.0775. The number of β-amino-alcohol motifs (C(OH)–C–C–N with tert-alkyl or cyclic N) is 1. The average Bonchev–Trinajstić information content (AvgIpc) is 2.37. The minimum Gasteiger partial charge on any atom is -0.387 e. The van der Waals surface area contributed by atoms with Gasteiger partial charge in [0.2, 0.25) is 5.91 Å². The Kier molecular flexibility index (Phi) is 4.44. The SMILES string of the molecule is CC(=O)c1ccc(NC(=O)CN2CC(O)(C(C)C)C2)cc1. The number of aliphatic hydroxyl groups is 1. The molecule has 5 nitrogen and oxygen atoms in total. The number of carbonyl (C=O) groups is 2. The molecule has 1 aromatic carbocycles. The van der Waals surface area contributed by atoms with E-state index in [4.69, 9.17) is 0 Å². The smallest absolute Gasteiger partial charge is 0.238 e. The second-order valence-corrected chi connectivity index (χ2v) is 6.09. The van der Waals surface area contributed by atoms with Crippen molar-refractivity contribution >= 4 is 17.4 Å². The number of Topliss-reactive ketones (excluding diaryl/α,β-unsaturated/α-hetero) is 1. The van der Waals surface area contributed by atoms with Gasteiger partial charge in [-0.3, -0.25) is 14.5 Å². The van der Waals surface area contributed by atoms with E-state index in [1.165, 1.54) is 6.92 Å². The third-order valence-corrected chi connectivity index (χ3v) is 4.01. The fourth-order valence-electron chi connectivity index (χ4n) is 2.40. The number of rotatable bonds is 5. The average molecular weight is 290 g/mol. The summed E-state index contributed by atoms with van der Waals surface area (Å²) in [6.45, 7) is 6.79. The molecule has 0 unspecified atom stereocenters. The normalized spacial score (nSPS) is 17.4. The fraction of sp³-hybridized carbons (Fsp3) is 0.500. The Hall–Kier alpha value is -1.72. The minimum atomic E-state index is -0.663. The van der Waals surface area contributed by atoms with Gasteiger partial charge in [0, 0.05) is 24.3 Å². The number of ketones is 1. The summed E-state index contributed by atoms with van der Waals surface area (Å²) in [4.78, 5) is 25.0. The number of benzene rings is 1. The van der Waals surface area contributed by atoms with Crippen molar-refractivity contribution in [2.75, 3.05) is 25.0 Å². The van der Waals surface area contributed by atoms with Crippen molar-refractivity contribution in [2.45, 2.75) is 26.4 Å². The second kappa shape index (κ2) is 5.95. The Morgan fingerprint density at radius 3 is 2.33 bits per heavy atom. The predicted octanol–water partition coefficient (Wildman–Crippen LogP) is 1.53. The predicted molar refractivity (Wildman–Crippen MR) is 81.3 cm³/mol. The lowest BCUT2D eigenvalue weighted by atomic mass is 9.83. The fourth-order valence-corrected chi connectivity index (χ4v) is 2.40. The Balaban J connectivity index is 1.82. The van der Waals surface area contributed by atoms with E-state index >= 15 is 0 Å². The zero-order valence-electron chi connectivity index (χ0n) is 12.7. The van der Waals surface area contributed by atoms with E-state index in [0.717, 1.165) is 0 Å². The molecule has 2 rings (SSSR count). The second-order valence-electron chi connectivity index (χ2n) is 6.09. The first kappa shape index (κ1) is 15.7. The van der Waals surface area contributed by atoms with Crippen LogP contribution in [0.15, 0.2) is 24.3 Å². The Labute approximate surface area is 125 Å². The van der Waals surface area contributed by atoms with Crippen molar-refractivity contribution in [3.8, 4) is 0 Å². The molecule has 0 spiro atoms. The molecule has 0 bridgehead atoms. The number of anilines is 1. The van der Waals surface area contributed by atoms with Gasteiger partial charge in [0.05, 0.1) is 12.1 Å². The van der Waals surface area contributed by atoms with Gasteiger partial charge in [-0.15, -0.1) is 0 Å². The van der Waals surface area contributed by atoms with Crippen LogP contribution in [0.1, 0.15) is 31.1 Å². The zero-order chi connectivity index (χ0) is 15.6. The Morgan fingerprint density at radius 2 is 1.86 bits per heavy atom. The van der Waals surface area contributed by atoms with E-state index in [1.807, 2.05) is 18.7 Å². The molecule has 0 atom stereocenters. The van der Waals surface area contributed by atoms with Crippen LogP contribution in [0.25, 0.3) is 0 Å². The molecule has 21 heavy (non-hydrogen) atoms. The molecular weight excluding hydrogens is 268 g/mol. The van der Waals surface area contributed by atoms with Gasteiger partial charge in [0.1, 0.15) is 0 Å². The molecular formula is C16H22N2O3. The van der Waals surface area contributed by atoms with Gasteiger partial charge in [0.15, 0.2) is 5.78 Å². The molecule has 0 saturated carbocycles. The van der Waals surface area contributed by atoms with Crippen molar-refractivity contribution in [1.82, 2.24) is 4.90 Å². The third kappa shape index (κ3) is 3.68. The van der Waals surface area contributed by atoms with Crippen LogP contribution in [0, 0.1) is 5.92 Å². The quantitative estimate of drug-likeness (QED) is 0.807. The summed E-state index contributed by atoms with van der Waals surface area (Å²) >= 11 is 0. The number of nitrogens with one attached hydrogen (secondary N) is 1. The maximum Gasteiger partial charge on any atom is 0.238 e. The molecule has 1 amide bonds. The number of likely N-dealkylation sites (tertiary alicyclic amines) is 1.